The number of nitrogens with zero attached hydrogens (tertiary/aromatic N) is 2. The largest absolute Gasteiger partial charge is 0.353 e. The number of hydrogen-bond donors (Lipinski definition) is 0. The van der Waals surface area contributed by atoms with Gasteiger partial charge < -0.3 is 4.57 Å². The first-order valence-electron chi connectivity index (χ1n) is 7.46. The van der Waals surface area contributed by atoms with Crippen molar-refractivity contribution in [3.63, 3.8) is 0 Å². The minimum Gasteiger partial charge on any atom is -0.353 e. The smallest absolute Gasteiger partial charge is 0.249 e. The first-order valence-corrected chi connectivity index (χ1v) is 9.78. The van der Waals surface area contributed by atoms with Gasteiger partial charge in [0.25, 0.3) is 0 Å². The number of aryl methyl sites for hydroxylation is 1. The van der Waals surface area contributed by atoms with E-state index in [1.807, 2.05) is 5.38 Å². The van der Waals surface area contributed by atoms with E-state index in [-0.39, 0.29) is 13.1 Å². The summed E-state index contributed by atoms with van der Waals surface area (Å²) in [6, 6.07) is 10.2. The third-order valence-corrected chi connectivity index (χ3v) is 6.52. The molecule has 0 radical (unpaired) electrons. The van der Waals surface area contributed by atoms with Crippen LogP contribution in [0.3, 0.4) is 0 Å². The van der Waals surface area contributed by atoms with E-state index in [9.17, 15) is 17.2 Å². The Morgan fingerprint density at radius 1 is 1.04 bits per heavy atom. The van der Waals surface area contributed by atoms with Crippen molar-refractivity contribution in [3.05, 3.63) is 76.2 Å². The molecule has 0 spiro atoms. The summed E-state index contributed by atoms with van der Waals surface area (Å²) in [5.41, 5.74) is 0.719. The molecule has 0 aliphatic carbocycles. The van der Waals surface area contributed by atoms with Crippen LogP contribution < -0.4 is 0 Å². The second-order valence-corrected chi connectivity index (χ2v) is 8.42. The van der Waals surface area contributed by atoms with Crippen LogP contribution in [0.2, 0.25) is 0 Å². The number of aromatic nitrogens is 1. The lowest BCUT2D eigenvalue weighted by molar-refractivity contribution is 0.387. The third-order valence-electron chi connectivity index (χ3n) is 3.82. The number of rotatable bonds is 6. The fraction of sp³-hybridized carbons (Fsp3) is 0.176. The molecule has 1 aromatic carbocycles. The Balaban J connectivity index is 2.04. The summed E-state index contributed by atoms with van der Waals surface area (Å²) in [6.45, 7) is 0.0520. The maximum atomic E-state index is 14.1. The molecule has 0 aliphatic rings. The fourth-order valence-corrected chi connectivity index (χ4v) is 4.80. The van der Waals surface area contributed by atoms with Crippen molar-refractivity contribution < 1.29 is 17.2 Å². The summed E-state index contributed by atoms with van der Waals surface area (Å²) in [5, 5.41) is 1.83. The molecule has 3 aromatic rings. The van der Waals surface area contributed by atoms with E-state index in [1.165, 1.54) is 11.3 Å². The first kappa shape index (κ1) is 17.8. The van der Waals surface area contributed by atoms with Gasteiger partial charge in [-0.05, 0) is 35.7 Å². The molecule has 0 amide bonds. The SMILES string of the molecule is Cn1cccc1CN(Cc1cccs1)S(=O)(=O)c1c(F)cccc1F. The van der Waals surface area contributed by atoms with Crippen molar-refractivity contribution in [2.75, 3.05) is 0 Å². The molecule has 3 rings (SSSR count). The summed E-state index contributed by atoms with van der Waals surface area (Å²) in [6.07, 6.45) is 1.79. The zero-order chi connectivity index (χ0) is 18.0. The topological polar surface area (TPSA) is 42.3 Å². The monoisotopic (exact) mass is 382 g/mol. The highest BCUT2D eigenvalue weighted by Crippen LogP contribution is 2.26. The Kier molecular flexibility index (Phi) is 5.03. The molecule has 0 bridgehead atoms. The average Bonchev–Trinajstić information content (AvgIpc) is 3.18. The van der Waals surface area contributed by atoms with Crippen LogP contribution in [0.15, 0.2) is 58.9 Å². The summed E-state index contributed by atoms with van der Waals surface area (Å²) in [4.78, 5) is -0.129. The highest BCUT2D eigenvalue weighted by molar-refractivity contribution is 7.89. The van der Waals surface area contributed by atoms with Crippen molar-refractivity contribution in [3.8, 4) is 0 Å². The van der Waals surface area contributed by atoms with Gasteiger partial charge >= 0.3 is 0 Å². The second kappa shape index (κ2) is 7.07. The van der Waals surface area contributed by atoms with Crippen LogP contribution in [0.4, 0.5) is 8.78 Å². The van der Waals surface area contributed by atoms with Gasteiger partial charge in [0.15, 0.2) is 4.90 Å². The van der Waals surface area contributed by atoms with Crippen molar-refractivity contribution in [1.82, 2.24) is 8.87 Å². The van der Waals surface area contributed by atoms with Crippen LogP contribution in [-0.4, -0.2) is 17.3 Å². The standard InChI is InChI=1S/C17H16F2N2O2S2/c1-20-9-3-5-13(20)11-21(12-14-6-4-10-24-14)25(22,23)17-15(18)7-2-8-16(17)19/h2-10H,11-12H2,1H3. The molecule has 2 aromatic heterocycles. The number of thiophene rings is 1. The van der Waals surface area contributed by atoms with Gasteiger partial charge in [0.05, 0.1) is 6.54 Å². The maximum absolute atomic E-state index is 14.1. The van der Waals surface area contributed by atoms with Crippen molar-refractivity contribution >= 4 is 21.4 Å². The van der Waals surface area contributed by atoms with E-state index in [0.717, 1.165) is 33.1 Å². The zero-order valence-corrected chi connectivity index (χ0v) is 15.0. The van der Waals surface area contributed by atoms with Gasteiger partial charge in [0.2, 0.25) is 10.0 Å². The molecule has 0 aliphatic heterocycles. The number of benzene rings is 1. The Hall–Kier alpha value is -2.03. The average molecular weight is 382 g/mol. The fourth-order valence-electron chi connectivity index (χ4n) is 2.50. The van der Waals surface area contributed by atoms with Crippen LogP contribution in [0.25, 0.3) is 0 Å². The lowest BCUT2D eigenvalue weighted by Gasteiger charge is -2.22. The van der Waals surface area contributed by atoms with E-state index in [0.29, 0.717) is 0 Å². The van der Waals surface area contributed by atoms with Crippen LogP contribution in [-0.2, 0) is 30.2 Å². The van der Waals surface area contributed by atoms with Gasteiger partial charge in [0, 0.05) is 30.4 Å². The van der Waals surface area contributed by atoms with Crippen molar-refractivity contribution in [1.29, 1.82) is 0 Å². The summed E-state index contributed by atoms with van der Waals surface area (Å²) < 4.78 is 57.0. The van der Waals surface area contributed by atoms with Crippen LogP contribution in [0, 0.1) is 11.6 Å². The number of hydrogen-bond acceptors (Lipinski definition) is 3. The van der Waals surface area contributed by atoms with E-state index >= 15 is 0 Å². The normalized spacial score (nSPS) is 12.0. The molecule has 0 atom stereocenters. The minimum atomic E-state index is -4.35. The highest BCUT2D eigenvalue weighted by Gasteiger charge is 2.31. The molecule has 0 fully saturated rings. The Morgan fingerprint density at radius 2 is 1.76 bits per heavy atom. The highest BCUT2D eigenvalue weighted by atomic mass is 32.2. The van der Waals surface area contributed by atoms with Crippen LogP contribution in [0.1, 0.15) is 10.6 Å². The molecule has 132 valence electrons. The molecular formula is C17H16F2N2O2S2. The van der Waals surface area contributed by atoms with Crippen molar-refractivity contribution in [2.24, 2.45) is 7.05 Å². The van der Waals surface area contributed by atoms with E-state index in [1.54, 1.807) is 42.1 Å². The van der Waals surface area contributed by atoms with E-state index in [2.05, 4.69) is 0 Å². The lowest BCUT2D eigenvalue weighted by Crippen LogP contribution is -2.32. The molecule has 0 saturated carbocycles. The molecule has 0 N–H and O–H groups in total. The van der Waals surface area contributed by atoms with E-state index < -0.39 is 26.6 Å². The second-order valence-electron chi connectivity index (χ2n) is 5.51. The number of sulfonamides is 1. The molecule has 0 saturated heterocycles. The van der Waals surface area contributed by atoms with Gasteiger partial charge in [-0.25, -0.2) is 17.2 Å². The van der Waals surface area contributed by atoms with Crippen LogP contribution >= 0.6 is 11.3 Å². The zero-order valence-electron chi connectivity index (χ0n) is 13.4. The van der Waals surface area contributed by atoms with Gasteiger partial charge in [-0.1, -0.05) is 12.1 Å². The first-order chi connectivity index (χ1) is 11.9. The molecule has 25 heavy (non-hydrogen) atoms. The minimum absolute atomic E-state index is 0.0114. The van der Waals surface area contributed by atoms with Gasteiger partial charge in [-0.2, -0.15) is 4.31 Å². The number of halogens is 2. The van der Waals surface area contributed by atoms with Gasteiger partial charge in [0.1, 0.15) is 11.6 Å². The third kappa shape index (κ3) is 3.65. The predicted molar refractivity (Wildman–Crippen MR) is 92.5 cm³/mol. The molecule has 8 heteroatoms. The van der Waals surface area contributed by atoms with Crippen molar-refractivity contribution in [2.45, 2.75) is 18.0 Å². The molecule has 2 heterocycles. The predicted octanol–water partition coefficient (Wildman–Crippen LogP) is 3.76. The molecule has 4 nitrogen and oxygen atoms in total. The summed E-state index contributed by atoms with van der Waals surface area (Å²) in [5.74, 6) is -2.19. The van der Waals surface area contributed by atoms with E-state index in [4.69, 9.17) is 0 Å². The quantitative estimate of drug-likeness (QED) is 0.652. The summed E-state index contributed by atoms with van der Waals surface area (Å²) in [7, 11) is -2.57. The Labute approximate surface area is 149 Å². The Morgan fingerprint density at radius 3 is 2.32 bits per heavy atom. The van der Waals surface area contributed by atoms with Gasteiger partial charge in [-0.3, -0.25) is 0 Å². The van der Waals surface area contributed by atoms with Crippen LogP contribution in [0.5, 0.6) is 0 Å². The van der Waals surface area contributed by atoms with Gasteiger partial charge in [-0.15, -0.1) is 11.3 Å². The summed E-state index contributed by atoms with van der Waals surface area (Å²) >= 11 is 1.39. The molecule has 0 unspecified atom stereocenters. The lowest BCUT2D eigenvalue weighted by atomic mass is 10.3. The molecular weight excluding hydrogens is 366 g/mol. The Bertz CT molecular complexity index is 946. The maximum Gasteiger partial charge on any atom is 0.249 e.